The van der Waals surface area contributed by atoms with Gasteiger partial charge in [0.15, 0.2) is 0 Å². The number of nitrogens with one attached hydrogen (secondary N) is 2. The highest BCUT2D eigenvalue weighted by Gasteiger charge is 2.14. The van der Waals surface area contributed by atoms with E-state index in [-0.39, 0.29) is 12.3 Å². The second kappa shape index (κ2) is 8.28. The third-order valence-corrected chi connectivity index (χ3v) is 2.99. The molecule has 0 aliphatic carbocycles. The maximum absolute atomic E-state index is 10.6. The van der Waals surface area contributed by atoms with Gasteiger partial charge >= 0.3 is 5.97 Å². The second-order valence-corrected chi connectivity index (χ2v) is 9.92. The fourth-order valence-electron chi connectivity index (χ4n) is 1.14. The molecule has 1 aromatic rings. The second-order valence-electron chi connectivity index (χ2n) is 5.17. The largest absolute Gasteiger partial charge is 0.480 e. The Morgan fingerprint density at radius 3 is 2.50 bits per heavy atom. The van der Waals surface area contributed by atoms with Crippen LogP contribution in [0, 0.1) is 0 Å². The van der Waals surface area contributed by atoms with Gasteiger partial charge < -0.3 is 20.8 Å². The minimum Gasteiger partial charge on any atom is -0.480 e. The Labute approximate surface area is 119 Å². The van der Waals surface area contributed by atoms with E-state index >= 15 is 0 Å². The van der Waals surface area contributed by atoms with E-state index in [1.165, 1.54) is 12.4 Å². The number of aromatic nitrogens is 2. The summed E-state index contributed by atoms with van der Waals surface area (Å²) in [7, 11) is -1.41. The minimum absolute atomic E-state index is 0.0610. The van der Waals surface area contributed by atoms with E-state index in [4.69, 9.17) is 10.8 Å². The van der Waals surface area contributed by atoms with Gasteiger partial charge in [-0.05, 0) is 6.08 Å². The average molecular weight is 298 g/mol. The number of aromatic amines is 1. The molecule has 0 spiro atoms. The van der Waals surface area contributed by atoms with E-state index in [9.17, 15) is 9.59 Å². The molecule has 1 amide bonds. The first-order valence-corrected chi connectivity index (χ1v) is 9.56. The lowest BCUT2D eigenvalue weighted by Gasteiger charge is -2.15. The molecule has 1 atom stereocenters. The lowest BCUT2D eigenvalue weighted by molar-refractivity contribution is -0.138. The van der Waals surface area contributed by atoms with Crippen molar-refractivity contribution < 1.29 is 14.7 Å². The number of hydrogen-bond donors (Lipinski definition) is 4. The summed E-state index contributed by atoms with van der Waals surface area (Å²) < 4.78 is 0. The van der Waals surface area contributed by atoms with Crippen molar-refractivity contribution in [3.63, 3.8) is 0 Å². The van der Waals surface area contributed by atoms with Crippen LogP contribution in [0.1, 0.15) is 5.69 Å². The van der Waals surface area contributed by atoms with Crippen LogP contribution < -0.4 is 10.7 Å². The first-order chi connectivity index (χ1) is 9.15. The molecule has 1 rings (SSSR count). The van der Waals surface area contributed by atoms with Crippen LogP contribution in [0.15, 0.2) is 25.2 Å². The van der Waals surface area contributed by atoms with Crippen LogP contribution in [0.25, 0.3) is 0 Å². The van der Waals surface area contributed by atoms with Crippen LogP contribution in [0.5, 0.6) is 0 Å². The number of nitrogens with zero attached hydrogens (tertiary/aromatic N) is 1. The van der Waals surface area contributed by atoms with E-state index in [0.29, 0.717) is 0 Å². The zero-order valence-electron chi connectivity index (χ0n) is 12.0. The molecule has 0 aliphatic rings. The SMILES string of the molecule is C=CC(=O)N[Si](C)(C)C.NC(Cc1cnc[nH]1)C(=O)O. The van der Waals surface area contributed by atoms with Crippen LogP contribution in [-0.2, 0) is 16.0 Å². The maximum atomic E-state index is 10.6. The molecule has 0 radical (unpaired) electrons. The number of carboxylic acids is 1. The van der Waals surface area contributed by atoms with Gasteiger partial charge in [-0.2, -0.15) is 0 Å². The first kappa shape index (κ1) is 18.1. The number of H-pyrrole nitrogens is 1. The Kier molecular flexibility index (Phi) is 7.48. The monoisotopic (exact) mass is 298 g/mol. The highest BCUT2D eigenvalue weighted by atomic mass is 28.3. The van der Waals surface area contributed by atoms with E-state index in [2.05, 4.69) is 41.2 Å². The molecule has 0 saturated carbocycles. The third-order valence-electron chi connectivity index (χ3n) is 2.00. The molecule has 7 nitrogen and oxygen atoms in total. The van der Waals surface area contributed by atoms with Crippen molar-refractivity contribution in [2.75, 3.05) is 0 Å². The summed E-state index contributed by atoms with van der Waals surface area (Å²) in [5, 5.41) is 8.42. The van der Waals surface area contributed by atoms with Crippen molar-refractivity contribution in [2.24, 2.45) is 5.73 Å². The number of carboxylic acid groups (broad SMARTS) is 1. The molecular weight excluding hydrogens is 276 g/mol. The van der Waals surface area contributed by atoms with Crippen molar-refractivity contribution in [1.82, 2.24) is 15.0 Å². The van der Waals surface area contributed by atoms with Gasteiger partial charge in [0.1, 0.15) is 14.3 Å². The number of carbonyl (C=O) groups is 2. The molecule has 1 aromatic heterocycles. The summed E-state index contributed by atoms with van der Waals surface area (Å²) >= 11 is 0. The molecule has 20 heavy (non-hydrogen) atoms. The predicted octanol–water partition coefficient (Wildman–Crippen LogP) is 0.488. The van der Waals surface area contributed by atoms with Crippen molar-refractivity contribution in [2.45, 2.75) is 32.1 Å². The minimum atomic E-state index is -1.41. The number of carbonyl (C=O) groups excluding carboxylic acids is 1. The summed E-state index contributed by atoms with van der Waals surface area (Å²) in [6, 6.07) is -0.851. The molecule has 5 N–H and O–H groups in total. The molecule has 0 aliphatic heterocycles. The summed E-state index contributed by atoms with van der Waals surface area (Å²) in [6.45, 7) is 9.55. The van der Waals surface area contributed by atoms with Crippen molar-refractivity contribution >= 4 is 20.1 Å². The zero-order chi connectivity index (χ0) is 15.8. The summed E-state index contributed by atoms with van der Waals surface area (Å²) in [5.41, 5.74) is 6.00. The van der Waals surface area contributed by atoms with Gasteiger partial charge in [-0.25, -0.2) is 4.98 Å². The smallest absolute Gasteiger partial charge is 0.320 e. The average Bonchev–Trinajstić information content (AvgIpc) is 2.80. The molecule has 1 heterocycles. The number of imidazole rings is 1. The Balaban J connectivity index is 0.000000370. The number of hydrogen-bond acceptors (Lipinski definition) is 4. The molecule has 0 saturated heterocycles. The van der Waals surface area contributed by atoms with Crippen LogP contribution in [0.3, 0.4) is 0 Å². The summed E-state index contributed by atoms with van der Waals surface area (Å²) in [5.74, 6) is -1.06. The van der Waals surface area contributed by atoms with Crippen LogP contribution in [0.4, 0.5) is 0 Å². The van der Waals surface area contributed by atoms with Crippen LogP contribution in [-0.4, -0.2) is 41.2 Å². The molecule has 0 aromatic carbocycles. The fraction of sp³-hybridized carbons (Fsp3) is 0.417. The van der Waals surface area contributed by atoms with Gasteiger partial charge in [0.05, 0.1) is 6.33 Å². The standard InChI is InChI=1S/C6H9N3O2.C6H13NOSi/c7-5(6(10)11)1-4-2-8-3-9-4;1-5-6(8)7-9(2,3)4/h2-3,5H,1,7H2,(H,8,9)(H,10,11);5H,1H2,2-4H3,(H,7,8). The maximum Gasteiger partial charge on any atom is 0.320 e. The van der Waals surface area contributed by atoms with Gasteiger partial charge in [-0.1, -0.05) is 26.2 Å². The molecule has 8 heteroatoms. The van der Waals surface area contributed by atoms with E-state index in [0.717, 1.165) is 5.69 Å². The van der Waals surface area contributed by atoms with Crippen molar-refractivity contribution in [3.8, 4) is 0 Å². The quantitative estimate of drug-likeness (QED) is 0.465. The van der Waals surface area contributed by atoms with E-state index in [1.807, 2.05) is 0 Å². The molecule has 112 valence electrons. The Hall–Kier alpha value is -1.93. The number of amides is 1. The Morgan fingerprint density at radius 2 is 2.20 bits per heavy atom. The molecule has 1 unspecified atom stereocenters. The normalized spacial score (nSPS) is 11.8. The lowest BCUT2D eigenvalue weighted by atomic mass is 10.2. The van der Waals surface area contributed by atoms with E-state index < -0.39 is 20.2 Å². The number of rotatable bonds is 5. The summed E-state index contributed by atoms with van der Waals surface area (Å²) in [4.78, 5) is 30.2. The first-order valence-electron chi connectivity index (χ1n) is 6.06. The fourth-order valence-corrected chi connectivity index (χ4v) is 1.98. The molecular formula is C12H22N4O3Si. The highest BCUT2D eigenvalue weighted by molar-refractivity contribution is 6.75. The van der Waals surface area contributed by atoms with Gasteiger partial charge in [-0.3, -0.25) is 9.59 Å². The third kappa shape index (κ3) is 9.06. The topological polar surface area (TPSA) is 121 Å². The molecule has 0 fully saturated rings. The Bertz CT molecular complexity index is 440. The van der Waals surface area contributed by atoms with Gasteiger partial charge in [-0.15, -0.1) is 0 Å². The van der Waals surface area contributed by atoms with Gasteiger partial charge in [0.2, 0.25) is 5.91 Å². The zero-order valence-corrected chi connectivity index (χ0v) is 13.0. The number of aliphatic carboxylic acids is 1. The summed E-state index contributed by atoms with van der Waals surface area (Å²) in [6.07, 6.45) is 4.64. The lowest BCUT2D eigenvalue weighted by Crippen LogP contribution is -2.44. The van der Waals surface area contributed by atoms with E-state index in [1.54, 1.807) is 6.20 Å². The van der Waals surface area contributed by atoms with Crippen LogP contribution >= 0.6 is 0 Å². The highest BCUT2D eigenvalue weighted by Crippen LogP contribution is 1.95. The van der Waals surface area contributed by atoms with Crippen LogP contribution in [0.2, 0.25) is 19.6 Å². The van der Waals surface area contributed by atoms with Gasteiger partial charge in [0.25, 0.3) is 0 Å². The van der Waals surface area contributed by atoms with Crippen molar-refractivity contribution in [1.29, 1.82) is 0 Å². The van der Waals surface area contributed by atoms with Crippen molar-refractivity contribution in [3.05, 3.63) is 30.9 Å². The molecule has 0 bridgehead atoms. The number of nitrogens with two attached hydrogens (primary N) is 1. The predicted molar refractivity (Wildman–Crippen MR) is 79.6 cm³/mol. The van der Waals surface area contributed by atoms with Gasteiger partial charge in [0, 0.05) is 18.3 Å². The Morgan fingerprint density at radius 1 is 1.60 bits per heavy atom.